The number of nitrogens with zero attached hydrogens (tertiary/aromatic N) is 2. The van der Waals surface area contributed by atoms with Gasteiger partial charge in [0.2, 0.25) is 0 Å². The van der Waals surface area contributed by atoms with Gasteiger partial charge in [0.15, 0.2) is 0 Å². The molecule has 1 aromatic rings. The van der Waals surface area contributed by atoms with Crippen molar-refractivity contribution >= 4 is 17.4 Å². The van der Waals surface area contributed by atoms with E-state index in [1.807, 2.05) is 4.90 Å². The lowest BCUT2D eigenvalue weighted by molar-refractivity contribution is 0.125. The zero-order valence-corrected chi connectivity index (χ0v) is 14.3. The fourth-order valence-corrected chi connectivity index (χ4v) is 4.90. The molecular formula is C17H25N3O2S. The lowest BCUT2D eigenvalue weighted by Gasteiger charge is -2.29. The summed E-state index contributed by atoms with van der Waals surface area (Å²) in [7, 11) is 0. The molecule has 0 bridgehead atoms. The van der Waals surface area contributed by atoms with Crippen LogP contribution in [0, 0.1) is 11.3 Å². The standard InChI is InChI=1S/C17H25N3O2S/c21-16(20-4-1-2-5-20)18-11-17-12-19(7-14-3-6-23-10-14)8-15(17)9-22-13-17/h3,6,10,15H,1-2,4-5,7-9,11-13H2,(H,18,21)/t15-,17+/m0/s1. The van der Waals surface area contributed by atoms with E-state index < -0.39 is 0 Å². The first-order valence-corrected chi connectivity index (χ1v) is 9.53. The number of fused-ring (bicyclic) bond motifs is 1. The number of ether oxygens (including phenoxy) is 1. The predicted octanol–water partition coefficient (Wildman–Crippen LogP) is 2.00. The highest BCUT2D eigenvalue weighted by Crippen LogP contribution is 2.41. The molecule has 5 nitrogen and oxygen atoms in total. The maximum atomic E-state index is 12.3. The molecule has 3 fully saturated rings. The number of urea groups is 1. The van der Waals surface area contributed by atoms with Gasteiger partial charge in [-0.2, -0.15) is 11.3 Å². The summed E-state index contributed by atoms with van der Waals surface area (Å²) < 4.78 is 5.77. The smallest absolute Gasteiger partial charge is 0.317 e. The number of amides is 2. The van der Waals surface area contributed by atoms with Crippen molar-refractivity contribution in [2.24, 2.45) is 11.3 Å². The van der Waals surface area contributed by atoms with Gasteiger partial charge < -0.3 is 15.0 Å². The fraction of sp³-hybridized carbons (Fsp3) is 0.706. The number of thiophene rings is 1. The van der Waals surface area contributed by atoms with E-state index in [-0.39, 0.29) is 11.4 Å². The summed E-state index contributed by atoms with van der Waals surface area (Å²) >= 11 is 1.76. The van der Waals surface area contributed by atoms with Crippen LogP contribution in [-0.4, -0.2) is 61.8 Å². The number of hydrogen-bond donors (Lipinski definition) is 1. The third kappa shape index (κ3) is 3.12. The van der Waals surface area contributed by atoms with Crippen molar-refractivity contribution in [1.82, 2.24) is 15.1 Å². The molecule has 3 aliphatic heterocycles. The molecule has 0 unspecified atom stereocenters. The van der Waals surface area contributed by atoms with E-state index in [4.69, 9.17) is 4.74 Å². The Morgan fingerprint density at radius 1 is 1.43 bits per heavy atom. The highest BCUT2D eigenvalue weighted by molar-refractivity contribution is 7.07. The quantitative estimate of drug-likeness (QED) is 0.915. The Balaban J connectivity index is 1.36. The molecule has 4 rings (SSSR count). The van der Waals surface area contributed by atoms with Crippen molar-refractivity contribution in [1.29, 1.82) is 0 Å². The van der Waals surface area contributed by atoms with Crippen LogP contribution in [0.1, 0.15) is 18.4 Å². The van der Waals surface area contributed by atoms with Gasteiger partial charge >= 0.3 is 6.03 Å². The number of nitrogens with one attached hydrogen (secondary N) is 1. The van der Waals surface area contributed by atoms with Gasteiger partial charge in [-0.15, -0.1) is 0 Å². The third-order valence-electron chi connectivity index (χ3n) is 5.56. The second-order valence-corrected chi connectivity index (χ2v) is 8.01. The summed E-state index contributed by atoms with van der Waals surface area (Å²) in [6.07, 6.45) is 2.28. The SMILES string of the molecule is O=C(NC[C@@]12COC[C@@H]1CN(Cc1ccsc1)C2)N1CCCC1. The average molecular weight is 335 g/mol. The van der Waals surface area contributed by atoms with Crippen LogP contribution in [0.5, 0.6) is 0 Å². The van der Waals surface area contributed by atoms with Gasteiger partial charge in [0, 0.05) is 50.6 Å². The molecule has 126 valence electrons. The number of likely N-dealkylation sites (tertiary alicyclic amines) is 2. The van der Waals surface area contributed by atoms with Crippen molar-refractivity contribution in [3.8, 4) is 0 Å². The second kappa shape index (κ2) is 6.42. The van der Waals surface area contributed by atoms with Crippen LogP contribution in [0.4, 0.5) is 4.79 Å². The van der Waals surface area contributed by atoms with Gasteiger partial charge in [-0.25, -0.2) is 4.79 Å². The Morgan fingerprint density at radius 2 is 2.30 bits per heavy atom. The Labute approximate surface area is 141 Å². The maximum absolute atomic E-state index is 12.3. The molecule has 1 N–H and O–H groups in total. The molecule has 4 heterocycles. The minimum atomic E-state index is 0.103. The minimum absolute atomic E-state index is 0.103. The predicted molar refractivity (Wildman–Crippen MR) is 90.5 cm³/mol. The minimum Gasteiger partial charge on any atom is -0.380 e. The first kappa shape index (κ1) is 15.4. The normalized spacial score (nSPS) is 30.8. The summed E-state index contributed by atoms with van der Waals surface area (Å²) in [6, 6.07) is 2.32. The zero-order valence-electron chi connectivity index (χ0n) is 13.5. The van der Waals surface area contributed by atoms with Crippen molar-refractivity contribution < 1.29 is 9.53 Å². The lowest BCUT2D eigenvalue weighted by Crippen LogP contribution is -2.47. The molecule has 0 aromatic carbocycles. The van der Waals surface area contributed by atoms with Crippen LogP contribution in [0.3, 0.4) is 0 Å². The van der Waals surface area contributed by atoms with Gasteiger partial charge in [-0.05, 0) is 35.2 Å². The van der Waals surface area contributed by atoms with Crippen molar-refractivity contribution in [3.63, 3.8) is 0 Å². The van der Waals surface area contributed by atoms with Crippen molar-refractivity contribution in [2.45, 2.75) is 19.4 Å². The molecule has 23 heavy (non-hydrogen) atoms. The van der Waals surface area contributed by atoms with Crippen LogP contribution in [0.15, 0.2) is 16.8 Å². The largest absolute Gasteiger partial charge is 0.380 e. The van der Waals surface area contributed by atoms with E-state index in [1.165, 1.54) is 5.56 Å². The van der Waals surface area contributed by atoms with Gasteiger partial charge in [0.1, 0.15) is 0 Å². The molecule has 3 aliphatic rings. The molecule has 0 spiro atoms. The van der Waals surface area contributed by atoms with Crippen LogP contribution >= 0.6 is 11.3 Å². The van der Waals surface area contributed by atoms with E-state index in [0.717, 1.165) is 65.3 Å². The maximum Gasteiger partial charge on any atom is 0.317 e. The Kier molecular flexibility index (Phi) is 4.30. The molecule has 3 saturated heterocycles. The first-order chi connectivity index (χ1) is 11.3. The van der Waals surface area contributed by atoms with Crippen molar-refractivity contribution in [2.75, 3.05) is 45.9 Å². The Morgan fingerprint density at radius 3 is 3.09 bits per heavy atom. The number of carbonyl (C=O) groups is 1. The molecule has 0 saturated carbocycles. The molecule has 6 heteroatoms. The van der Waals surface area contributed by atoms with Gasteiger partial charge in [-0.3, -0.25) is 4.90 Å². The van der Waals surface area contributed by atoms with Gasteiger partial charge in [0.25, 0.3) is 0 Å². The van der Waals surface area contributed by atoms with E-state index in [2.05, 4.69) is 27.0 Å². The summed E-state index contributed by atoms with van der Waals surface area (Å²) in [4.78, 5) is 16.8. The summed E-state index contributed by atoms with van der Waals surface area (Å²) in [5, 5.41) is 7.56. The van der Waals surface area contributed by atoms with E-state index in [1.54, 1.807) is 11.3 Å². The highest BCUT2D eigenvalue weighted by atomic mass is 32.1. The van der Waals surface area contributed by atoms with Crippen molar-refractivity contribution in [3.05, 3.63) is 22.4 Å². The monoisotopic (exact) mass is 335 g/mol. The number of rotatable bonds is 4. The Bertz CT molecular complexity index is 544. The molecule has 2 atom stereocenters. The van der Waals surface area contributed by atoms with E-state index in [9.17, 15) is 4.79 Å². The van der Waals surface area contributed by atoms with Gasteiger partial charge in [-0.1, -0.05) is 0 Å². The van der Waals surface area contributed by atoms with Crippen LogP contribution in [0.25, 0.3) is 0 Å². The van der Waals surface area contributed by atoms with Crippen LogP contribution in [-0.2, 0) is 11.3 Å². The number of carbonyl (C=O) groups excluding carboxylic acids is 1. The molecule has 0 radical (unpaired) electrons. The van der Waals surface area contributed by atoms with E-state index in [0.29, 0.717) is 5.92 Å². The molecule has 1 aromatic heterocycles. The van der Waals surface area contributed by atoms with Crippen LogP contribution in [0.2, 0.25) is 0 Å². The molecule has 0 aliphatic carbocycles. The number of hydrogen-bond acceptors (Lipinski definition) is 4. The summed E-state index contributed by atoms with van der Waals surface area (Å²) in [5.41, 5.74) is 1.50. The second-order valence-electron chi connectivity index (χ2n) is 7.23. The molecular weight excluding hydrogens is 310 g/mol. The highest BCUT2D eigenvalue weighted by Gasteiger charge is 2.50. The third-order valence-corrected chi connectivity index (χ3v) is 6.29. The summed E-state index contributed by atoms with van der Waals surface area (Å²) in [5.74, 6) is 0.542. The van der Waals surface area contributed by atoms with Crippen LogP contribution < -0.4 is 5.32 Å². The molecule has 2 amide bonds. The van der Waals surface area contributed by atoms with E-state index >= 15 is 0 Å². The topological polar surface area (TPSA) is 44.8 Å². The fourth-order valence-electron chi connectivity index (χ4n) is 4.24. The Hall–Kier alpha value is -1.11. The zero-order chi connectivity index (χ0) is 15.7. The summed E-state index contributed by atoms with van der Waals surface area (Å²) in [6.45, 7) is 7.28. The van der Waals surface area contributed by atoms with Gasteiger partial charge in [0.05, 0.1) is 13.2 Å². The first-order valence-electron chi connectivity index (χ1n) is 8.59. The lowest BCUT2D eigenvalue weighted by atomic mass is 9.81. The average Bonchev–Trinajstić information content (AvgIpc) is 3.29.